The van der Waals surface area contributed by atoms with Gasteiger partial charge >= 0.3 is 5.97 Å². The van der Waals surface area contributed by atoms with Gasteiger partial charge in [-0.05, 0) is 48.9 Å². The molecule has 0 fully saturated rings. The summed E-state index contributed by atoms with van der Waals surface area (Å²) in [5.74, 6) is -1.53. The van der Waals surface area contributed by atoms with Crippen LogP contribution in [-0.4, -0.2) is 24.3 Å². The number of hydrogen-bond donors (Lipinski definition) is 1. The molecule has 3 aromatic rings. The summed E-state index contributed by atoms with van der Waals surface area (Å²) in [7, 11) is 0. The molecule has 0 bridgehead atoms. The van der Waals surface area contributed by atoms with E-state index in [1.54, 1.807) is 36.4 Å². The van der Waals surface area contributed by atoms with Gasteiger partial charge in [0.05, 0.1) is 0 Å². The molecule has 0 saturated carbocycles. The highest BCUT2D eigenvalue weighted by Crippen LogP contribution is 2.28. The highest BCUT2D eigenvalue weighted by molar-refractivity contribution is 7.20. The molecule has 1 aromatic heterocycles. The monoisotopic (exact) mass is 399 g/mol. The van der Waals surface area contributed by atoms with Crippen molar-refractivity contribution in [3.8, 4) is 0 Å². The Balaban J connectivity index is 1.59. The van der Waals surface area contributed by atoms with E-state index in [2.05, 4.69) is 5.32 Å². The van der Waals surface area contributed by atoms with E-state index >= 15 is 0 Å². The maximum Gasteiger partial charge on any atom is 0.348 e. The lowest BCUT2D eigenvalue weighted by Gasteiger charge is -2.06. The van der Waals surface area contributed by atoms with Crippen molar-refractivity contribution in [3.05, 3.63) is 64.8 Å². The smallest absolute Gasteiger partial charge is 0.348 e. The number of amides is 1. The van der Waals surface area contributed by atoms with E-state index in [9.17, 15) is 18.8 Å². The van der Waals surface area contributed by atoms with Crippen LogP contribution in [0, 0.1) is 5.82 Å². The molecule has 144 valence electrons. The largest absolute Gasteiger partial charge is 0.453 e. The van der Waals surface area contributed by atoms with Crippen molar-refractivity contribution in [2.24, 2.45) is 0 Å². The van der Waals surface area contributed by atoms with Crippen molar-refractivity contribution in [2.45, 2.75) is 19.8 Å². The molecule has 0 aliphatic heterocycles. The number of anilines is 1. The molecular formula is C21H18FNO4S. The summed E-state index contributed by atoms with van der Waals surface area (Å²) in [6.45, 7) is 1.50. The van der Waals surface area contributed by atoms with Gasteiger partial charge < -0.3 is 10.1 Å². The summed E-state index contributed by atoms with van der Waals surface area (Å²) in [5.41, 5.74) is 0.961. The fraction of sp³-hybridized carbons (Fsp3) is 0.190. The average Bonchev–Trinajstić information content (AvgIpc) is 3.12. The van der Waals surface area contributed by atoms with Crippen LogP contribution in [0.3, 0.4) is 0 Å². The second-order valence-corrected chi connectivity index (χ2v) is 7.22. The molecule has 0 spiro atoms. The van der Waals surface area contributed by atoms with E-state index in [1.165, 1.54) is 12.1 Å². The highest BCUT2D eigenvalue weighted by atomic mass is 32.1. The number of halogens is 1. The number of esters is 1. The van der Waals surface area contributed by atoms with Crippen molar-refractivity contribution in [3.63, 3.8) is 0 Å². The first kappa shape index (κ1) is 19.7. The van der Waals surface area contributed by atoms with Crippen molar-refractivity contribution >= 4 is 44.8 Å². The second kappa shape index (κ2) is 8.75. The molecule has 2 aromatic carbocycles. The maximum absolute atomic E-state index is 13.7. The van der Waals surface area contributed by atoms with E-state index in [4.69, 9.17) is 4.74 Å². The van der Waals surface area contributed by atoms with Crippen molar-refractivity contribution in [2.75, 3.05) is 11.9 Å². The summed E-state index contributed by atoms with van der Waals surface area (Å²) in [5, 5.41) is 3.09. The Bertz CT molecular complexity index is 1030. The van der Waals surface area contributed by atoms with Gasteiger partial charge in [0.1, 0.15) is 10.7 Å². The number of hydrogen-bond acceptors (Lipinski definition) is 5. The van der Waals surface area contributed by atoms with E-state index in [-0.39, 0.29) is 16.6 Å². The number of nitrogens with one attached hydrogen (secondary N) is 1. The molecule has 5 nitrogen and oxygen atoms in total. The molecule has 0 unspecified atom stereocenters. The standard InChI is InChI=1S/C21H18FNO4S/c1-2-4-20(25)23-14-9-7-13(8-10-14)17(24)12-27-21(26)19-11-15-16(22)5-3-6-18(15)28-19/h3,5-11H,2,4,12H2,1H3,(H,23,25). The van der Waals surface area contributed by atoms with Gasteiger partial charge in [0.15, 0.2) is 12.4 Å². The lowest BCUT2D eigenvalue weighted by molar-refractivity contribution is -0.116. The zero-order chi connectivity index (χ0) is 20.1. The normalized spacial score (nSPS) is 10.6. The Morgan fingerprint density at radius 1 is 1.11 bits per heavy atom. The van der Waals surface area contributed by atoms with Crippen molar-refractivity contribution in [1.82, 2.24) is 0 Å². The fourth-order valence-electron chi connectivity index (χ4n) is 2.60. The minimum atomic E-state index is -0.669. The Morgan fingerprint density at radius 3 is 2.54 bits per heavy atom. The number of ether oxygens (including phenoxy) is 1. The Labute approximate surface area is 165 Å². The van der Waals surface area contributed by atoms with Crippen molar-refractivity contribution in [1.29, 1.82) is 0 Å². The van der Waals surface area contributed by atoms with Crippen LogP contribution in [0.2, 0.25) is 0 Å². The summed E-state index contributed by atoms with van der Waals surface area (Å²) in [6, 6.07) is 12.4. The predicted octanol–water partition coefficient (Wildman–Crippen LogP) is 4.82. The van der Waals surface area contributed by atoms with Crippen LogP contribution in [0.15, 0.2) is 48.5 Å². The first-order valence-corrected chi connectivity index (χ1v) is 9.58. The van der Waals surface area contributed by atoms with Crippen LogP contribution in [0.1, 0.15) is 39.8 Å². The number of Topliss-reactive ketones (excluding diaryl/α,β-unsaturated/α-hetero) is 1. The Hall–Kier alpha value is -3.06. The topological polar surface area (TPSA) is 72.5 Å². The minimum absolute atomic E-state index is 0.0877. The van der Waals surface area contributed by atoms with E-state index in [0.717, 1.165) is 17.8 Å². The number of carbonyl (C=O) groups excluding carboxylic acids is 3. The van der Waals surface area contributed by atoms with Crippen LogP contribution >= 0.6 is 11.3 Å². The van der Waals surface area contributed by atoms with Gasteiger partial charge in [0.2, 0.25) is 5.91 Å². The SMILES string of the molecule is CCCC(=O)Nc1ccc(C(=O)COC(=O)c2cc3c(F)cccc3s2)cc1. The molecule has 0 atom stereocenters. The van der Waals surface area contributed by atoms with Crippen LogP contribution in [0.5, 0.6) is 0 Å². The van der Waals surface area contributed by atoms with Crippen LogP contribution in [0.25, 0.3) is 10.1 Å². The van der Waals surface area contributed by atoms with Crippen LogP contribution in [0.4, 0.5) is 10.1 Å². The lowest BCUT2D eigenvalue weighted by atomic mass is 10.1. The molecule has 1 heterocycles. The van der Waals surface area contributed by atoms with Gasteiger partial charge in [-0.3, -0.25) is 9.59 Å². The fourth-order valence-corrected chi connectivity index (χ4v) is 3.57. The quantitative estimate of drug-likeness (QED) is 0.457. The molecular weight excluding hydrogens is 381 g/mol. The second-order valence-electron chi connectivity index (χ2n) is 6.14. The number of rotatable bonds is 7. The number of ketones is 1. The maximum atomic E-state index is 13.7. The summed E-state index contributed by atoms with van der Waals surface area (Å²) >= 11 is 1.11. The molecule has 0 aliphatic rings. The third kappa shape index (κ3) is 4.61. The lowest BCUT2D eigenvalue weighted by Crippen LogP contribution is -2.14. The van der Waals surface area contributed by atoms with Gasteiger partial charge in [-0.15, -0.1) is 11.3 Å². The zero-order valence-corrected chi connectivity index (χ0v) is 16.0. The summed E-state index contributed by atoms with van der Waals surface area (Å²) < 4.78 is 19.4. The van der Waals surface area contributed by atoms with Gasteiger partial charge in [0, 0.05) is 27.8 Å². The highest BCUT2D eigenvalue weighted by Gasteiger charge is 2.16. The van der Waals surface area contributed by atoms with Gasteiger partial charge in [0.25, 0.3) is 0 Å². The van der Waals surface area contributed by atoms with E-state index < -0.39 is 18.4 Å². The first-order chi connectivity index (χ1) is 13.5. The molecule has 0 radical (unpaired) electrons. The van der Waals surface area contributed by atoms with Gasteiger partial charge in [-0.25, -0.2) is 9.18 Å². The Morgan fingerprint density at radius 2 is 1.86 bits per heavy atom. The van der Waals surface area contributed by atoms with Gasteiger partial charge in [-0.2, -0.15) is 0 Å². The summed E-state index contributed by atoms with van der Waals surface area (Å²) in [4.78, 5) is 36.2. The predicted molar refractivity (Wildman–Crippen MR) is 106 cm³/mol. The zero-order valence-electron chi connectivity index (χ0n) is 15.2. The molecule has 7 heteroatoms. The van der Waals surface area contributed by atoms with Crippen LogP contribution in [-0.2, 0) is 9.53 Å². The van der Waals surface area contributed by atoms with Gasteiger partial charge in [-0.1, -0.05) is 13.0 Å². The molecule has 0 aliphatic carbocycles. The number of thiophene rings is 1. The van der Waals surface area contributed by atoms with E-state index in [1.807, 2.05) is 6.92 Å². The first-order valence-electron chi connectivity index (χ1n) is 8.76. The number of carbonyl (C=O) groups is 3. The van der Waals surface area contributed by atoms with Crippen LogP contribution < -0.4 is 5.32 Å². The summed E-state index contributed by atoms with van der Waals surface area (Å²) in [6.07, 6.45) is 1.18. The van der Waals surface area contributed by atoms with Crippen molar-refractivity contribution < 1.29 is 23.5 Å². The molecule has 3 rings (SSSR count). The molecule has 0 saturated heterocycles. The molecule has 1 N–H and O–H groups in total. The number of fused-ring (bicyclic) bond motifs is 1. The third-order valence-corrected chi connectivity index (χ3v) is 5.09. The molecule has 1 amide bonds. The number of benzene rings is 2. The average molecular weight is 399 g/mol. The molecule has 28 heavy (non-hydrogen) atoms. The third-order valence-electron chi connectivity index (χ3n) is 4.01. The Kier molecular flexibility index (Phi) is 6.16. The van der Waals surface area contributed by atoms with E-state index in [0.29, 0.717) is 27.8 Å². The minimum Gasteiger partial charge on any atom is -0.453 e.